The first-order valence-electron chi connectivity index (χ1n) is 4.25. The van der Waals surface area contributed by atoms with Crippen LogP contribution in [0.1, 0.15) is 16.8 Å². The van der Waals surface area contributed by atoms with Crippen LogP contribution in [0.15, 0.2) is 15.2 Å². The summed E-state index contributed by atoms with van der Waals surface area (Å²) in [6, 6.07) is 0.575. The fourth-order valence-electron chi connectivity index (χ4n) is 0.989. The Labute approximate surface area is 105 Å². The zero-order chi connectivity index (χ0) is 12.1. The number of thiophene rings is 1. The first-order chi connectivity index (χ1) is 7.54. The Morgan fingerprint density at radius 2 is 2.38 bits per heavy atom. The number of carboxylic acid groups (broad SMARTS) is 1. The van der Waals surface area contributed by atoms with Gasteiger partial charge in [0.25, 0.3) is 5.91 Å². The van der Waals surface area contributed by atoms with Gasteiger partial charge < -0.3 is 10.4 Å². The van der Waals surface area contributed by atoms with Crippen LogP contribution in [0.3, 0.4) is 0 Å². The predicted octanol–water partition coefficient (Wildman–Crippen LogP) is 1.72. The van der Waals surface area contributed by atoms with Crippen molar-refractivity contribution in [3.05, 3.63) is 20.8 Å². The minimum absolute atomic E-state index is 0.0353. The summed E-state index contributed by atoms with van der Waals surface area (Å²) < 4.78 is 0.807. The smallest absolute Gasteiger partial charge is 0.327 e. The third kappa shape index (κ3) is 3.36. The lowest BCUT2D eigenvalue weighted by Gasteiger charge is -2.10. The Morgan fingerprint density at radius 1 is 1.69 bits per heavy atom. The maximum absolute atomic E-state index is 11.6. The Hall–Kier alpha value is -1.32. The van der Waals surface area contributed by atoms with E-state index in [1.54, 1.807) is 11.4 Å². The Morgan fingerprint density at radius 3 is 2.81 bits per heavy atom. The number of amides is 1. The molecule has 16 heavy (non-hydrogen) atoms. The molecule has 1 amide bonds. The van der Waals surface area contributed by atoms with E-state index in [0.29, 0.717) is 5.56 Å². The van der Waals surface area contributed by atoms with Crippen LogP contribution < -0.4 is 5.32 Å². The summed E-state index contributed by atoms with van der Waals surface area (Å²) in [5, 5.41) is 12.8. The number of aliphatic carboxylic acids is 1. The molecule has 1 heterocycles. The fraction of sp³-hybridized carbons (Fsp3) is 0.200. The van der Waals surface area contributed by atoms with Crippen molar-refractivity contribution < 1.29 is 14.7 Å². The Bertz CT molecular complexity index is 449. The molecule has 0 aliphatic rings. The summed E-state index contributed by atoms with van der Waals surface area (Å²) >= 11 is 4.57. The number of nitrogens with one attached hydrogen (secondary N) is 1. The standard InChI is InChI=1S/C10H8BrNO3S/c1-2-3-7(10(14)15)12-9(13)6-4-8(11)16-5-6/h1,4-5,7H,3H2,(H,12,13)(H,14,15). The minimum Gasteiger partial charge on any atom is -0.480 e. The molecular formula is C10H8BrNO3S. The number of hydrogen-bond acceptors (Lipinski definition) is 3. The molecule has 6 heteroatoms. The van der Waals surface area contributed by atoms with Crippen LogP contribution in [-0.2, 0) is 4.79 Å². The van der Waals surface area contributed by atoms with Gasteiger partial charge in [-0.05, 0) is 22.0 Å². The van der Waals surface area contributed by atoms with E-state index in [2.05, 4.69) is 27.2 Å². The zero-order valence-electron chi connectivity index (χ0n) is 8.07. The van der Waals surface area contributed by atoms with Gasteiger partial charge >= 0.3 is 5.97 Å². The Kier molecular flexibility index (Phi) is 4.52. The molecule has 0 aliphatic carbocycles. The number of halogens is 1. The summed E-state index contributed by atoms with van der Waals surface area (Å²) in [6.07, 6.45) is 4.98. The van der Waals surface area contributed by atoms with E-state index in [4.69, 9.17) is 11.5 Å². The topological polar surface area (TPSA) is 66.4 Å². The number of carboxylic acids is 1. The van der Waals surface area contributed by atoms with Crippen molar-refractivity contribution in [1.82, 2.24) is 5.32 Å². The third-order valence-corrected chi connectivity index (χ3v) is 3.26. The molecule has 84 valence electrons. The van der Waals surface area contributed by atoms with E-state index in [1.807, 2.05) is 0 Å². The molecule has 0 bridgehead atoms. The SMILES string of the molecule is C#CCC(NC(=O)c1csc(Br)c1)C(=O)O. The maximum Gasteiger partial charge on any atom is 0.327 e. The molecule has 0 saturated heterocycles. The van der Waals surface area contributed by atoms with Crippen LogP contribution >= 0.6 is 27.3 Å². The Balaban J connectivity index is 2.69. The lowest BCUT2D eigenvalue weighted by Crippen LogP contribution is -2.40. The highest BCUT2D eigenvalue weighted by Gasteiger charge is 2.19. The highest BCUT2D eigenvalue weighted by atomic mass is 79.9. The first-order valence-corrected chi connectivity index (χ1v) is 5.93. The molecule has 1 aromatic rings. The molecule has 0 saturated carbocycles. The maximum atomic E-state index is 11.6. The van der Waals surface area contributed by atoms with Crippen LogP contribution in [0.2, 0.25) is 0 Å². The summed E-state index contributed by atoms with van der Waals surface area (Å²) in [6.45, 7) is 0. The van der Waals surface area contributed by atoms with Crippen LogP contribution in [0.5, 0.6) is 0 Å². The highest BCUT2D eigenvalue weighted by Crippen LogP contribution is 2.20. The van der Waals surface area contributed by atoms with Crippen LogP contribution in [-0.4, -0.2) is 23.0 Å². The monoisotopic (exact) mass is 301 g/mol. The van der Waals surface area contributed by atoms with Gasteiger partial charge in [-0.15, -0.1) is 23.7 Å². The second kappa shape index (κ2) is 5.68. The number of carbonyl (C=O) groups excluding carboxylic acids is 1. The number of carbonyl (C=O) groups is 2. The normalized spacial score (nSPS) is 11.5. The average molecular weight is 302 g/mol. The second-order valence-electron chi connectivity index (χ2n) is 2.91. The van der Waals surface area contributed by atoms with Gasteiger partial charge in [-0.2, -0.15) is 0 Å². The van der Waals surface area contributed by atoms with Gasteiger partial charge in [0, 0.05) is 11.8 Å². The zero-order valence-corrected chi connectivity index (χ0v) is 10.5. The minimum atomic E-state index is -1.14. The van der Waals surface area contributed by atoms with Gasteiger partial charge in [-0.3, -0.25) is 4.79 Å². The van der Waals surface area contributed by atoms with Crippen molar-refractivity contribution in [3.63, 3.8) is 0 Å². The van der Waals surface area contributed by atoms with E-state index >= 15 is 0 Å². The molecule has 0 radical (unpaired) electrons. The third-order valence-electron chi connectivity index (χ3n) is 1.76. The van der Waals surface area contributed by atoms with Gasteiger partial charge in [-0.25, -0.2) is 4.79 Å². The van der Waals surface area contributed by atoms with E-state index < -0.39 is 17.9 Å². The average Bonchev–Trinajstić information content (AvgIpc) is 2.64. The number of terminal acetylenes is 1. The molecule has 0 spiro atoms. The van der Waals surface area contributed by atoms with Gasteiger partial charge in [-0.1, -0.05) is 0 Å². The van der Waals surface area contributed by atoms with E-state index in [0.717, 1.165) is 3.79 Å². The fourth-order valence-corrected chi connectivity index (χ4v) is 2.13. The second-order valence-corrected chi connectivity index (χ2v) is 5.20. The molecule has 2 N–H and O–H groups in total. The van der Waals surface area contributed by atoms with E-state index in [-0.39, 0.29) is 6.42 Å². The molecule has 4 nitrogen and oxygen atoms in total. The van der Waals surface area contributed by atoms with Gasteiger partial charge in [0.05, 0.1) is 9.35 Å². The van der Waals surface area contributed by atoms with Gasteiger partial charge in [0.2, 0.25) is 0 Å². The lowest BCUT2D eigenvalue weighted by atomic mass is 10.2. The number of rotatable bonds is 4. The van der Waals surface area contributed by atoms with Crippen LogP contribution in [0.4, 0.5) is 0 Å². The molecule has 1 rings (SSSR count). The molecule has 1 unspecified atom stereocenters. The van der Waals surface area contributed by atoms with Crippen molar-refractivity contribution in [3.8, 4) is 12.3 Å². The van der Waals surface area contributed by atoms with E-state index in [1.165, 1.54) is 11.3 Å². The van der Waals surface area contributed by atoms with Crippen molar-refractivity contribution >= 4 is 39.1 Å². The molecule has 0 aliphatic heterocycles. The highest BCUT2D eigenvalue weighted by molar-refractivity contribution is 9.11. The summed E-state index contributed by atoms with van der Waals surface area (Å²) in [4.78, 5) is 22.3. The molecule has 0 aromatic carbocycles. The van der Waals surface area contributed by atoms with Gasteiger partial charge in [0.1, 0.15) is 6.04 Å². The van der Waals surface area contributed by atoms with Crippen molar-refractivity contribution in [2.45, 2.75) is 12.5 Å². The molecule has 1 aromatic heterocycles. The van der Waals surface area contributed by atoms with Crippen LogP contribution in [0.25, 0.3) is 0 Å². The quantitative estimate of drug-likeness (QED) is 0.832. The summed E-state index contributed by atoms with van der Waals surface area (Å²) in [5.41, 5.74) is 0.417. The van der Waals surface area contributed by atoms with Crippen molar-refractivity contribution in [2.75, 3.05) is 0 Å². The molecular weight excluding hydrogens is 294 g/mol. The largest absolute Gasteiger partial charge is 0.480 e. The van der Waals surface area contributed by atoms with E-state index in [9.17, 15) is 9.59 Å². The molecule has 1 atom stereocenters. The summed E-state index contributed by atoms with van der Waals surface area (Å²) in [7, 11) is 0. The lowest BCUT2D eigenvalue weighted by molar-refractivity contribution is -0.139. The van der Waals surface area contributed by atoms with Gasteiger partial charge in [0.15, 0.2) is 0 Å². The van der Waals surface area contributed by atoms with Crippen molar-refractivity contribution in [2.24, 2.45) is 0 Å². The first kappa shape index (κ1) is 12.7. The molecule has 0 fully saturated rings. The van der Waals surface area contributed by atoms with Crippen molar-refractivity contribution in [1.29, 1.82) is 0 Å². The number of hydrogen-bond donors (Lipinski definition) is 2. The van der Waals surface area contributed by atoms with Crippen LogP contribution in [0, 0.1) is 12.3 Å². The summed E-state index contributed by atoms with van der Waals surface area (Å²) in [5.74, 6) is 0.630. The predicted molar refractivity (Wildman–Crippen MR) is 64.4 cm³/mol.